The summed E-state index contributed by atoms with van der Waals surface area (Å²) >= 11 is 0. The second-order valence-corrected chi connectivity index (χ2v) is 6.41. The lowest BCUT2D eigenvalue weighted by Gasteiger charge is -2.05. The lowest BCUT2D eigenvalue weighted by Crippen LogP contribution is -2.19. The summed E-state index contributed by atoms with van der Waals surface area (Å²) in [5, 5.41) is 8.52. The molecular formula is C21H21FN4O. The van der Waals surface area contributed by atoms with E-state index in [0.29, 0.717) is 6.54 Å². The van der Waals surface area contributed by atoms with Crippen molar-refractivity contribution < 1.29 is 9.18 Å². The van der Waals surface area contributed by atoms with E-state index in [9.17, 15) is 9.18 Å². The van der Waals surface area contributed by atoms with Crippen LogP contribution in [0.3, 0.4) is 0 Å². The van der Waals surface area contributed by atoms with Gasteiger partial charge in [-0.3, -0.25) is 9.48 Å². The Balaban J connectivity index is 1.72. The highest BCUT2D eigenvalue weighted by atomic mass is 19.1. The van der Waals surface area contributed by atoms with Crippen LogP contribution in [-0.2, 0) is 6.54 Å². The van der Waals surface area contributed by atoms with Crippen LogP contribution < -0.4 is 5.43 Å². The van der Waals surface area contributed by atoms with Gasteiger partial charge < -0.3 is 0 Å². The van der Waals surface area contributed by atoms with Gasteiger partial charge in [0.05, 0.1) is 24.0 Å². The first-order valence-corrected chi connectivity index (χ1v) is 8.63. The van der Waals surface area contributed by atoms with E-state index >= 15 is 0 Å². The van der Waals surface area contributed by atoms with Gasteiger partial charge >= 0.3 is 0 Å². The van der Waals surface area contributed by atoms with Crippen molar-refractivity contribution in [1.29, 1.82) is 0 Å². The van der Waals surface area contributed by atoms with Crippen LogP contribution in [0.2, 0.25) is 0 Å². The number of benzene rings is 2. The number of nitrogens with one attached hydrogen (secondary N) is 1. The maximum atomic E-state index is 13.6. The van der Waals surface area contributed by atoms with Gasteiger partial charge in [-0.15, -0.1) is 0 Å². The van der Waals surface area contributed by atoms with Gasteiger partial charge in [0, 0.05) is 11.3 Å². The molecule has 2 aromatic carbocycles. The van der Waals surface area contributed by atoms with Crippen molar-refractivity contribution >= 4 is 12.1 Å². The Morgan fingerprint density at radius 1 is 1.15 bits per heavy atom. The molecule has 0 spiro atoms. The highest BCUT2D eigenvalue weighted by molar-refractivity contribution is 5.95. The fraction of sp³-hybridized carbons (Fsp3) is 0.190. The average Bonchev–Trinajstić information content (AvgIpc) is 2.91. The molecule has 5 nitrogen and oxygen atoms in total. The zero-order valence-corrected chi connectivity index (χ0v) is 15.5. The zero-order chi connectivity index (χ0) is 19.4. The van der Waals surface area contributed by atoms with Gasteiger partial charge in [-0.2, -0.15) is 10.2 Å². The Labute approximate surface area is 157 Å². The number of amides is 1. The van der Waals surface area contributed by atoms with Gasteiger partial charge in [-0.25, -0.2) is 9.82 Å². The monoisotopic (exact) mass is 364 g/mol. The second-order valence-electron chi connectivity index (χ2n) is 6.41. The summed E-state index contributed by atoms with van der Waals surface area (Å²) in [4.78, 5) is 12.0. The van der Waals surface area contributed by atoms with Gasteiger partial charge in [0.2, 0.25) is 0 Å². The van der Waals surface area contributed by atoms with Gasteiger partial charge in [-0.05, 0) is 38.5 Å². The highest BCUT2D eigenvalue weighted by Crippen LogP contribution is 2.13. The average molecular weight is 364 g/mol. The van der Waals surface area contributed by atoms with E-state index in [2.05, 4.69) is 46.8 Å². The highest BCUT2D eigenvalue weighted by Gasteiger charge is 2.12. The van der Waals surface area contributed by atoms with Crippen molar-refractivity contribution in [2.24, 2.45) is 5.10 Å². The predicted molar refractivity (Wildman–Crippen MR) is 103 cm³/mol. The molecule has 0 fully saturated rings. The molecule has 138 valence electrons. The molecule has 0 aliphatic carbocycles. The molecule has 0 unspecified atom stereocenters. The fourth-order valence-electron chi connectivity index (χ4n) is 2.78. The molecule has 1 aromatic heterocycles. The molecule has 0 bridgehead atoms. The van der Waals surface area contributed by atoms with Gasteiger partial charge in [0.25, 0.3) is 5.91 Å². The minimum atomic E-state index is -0.591. The Bertz CT molecular complexity index is 990. The molecule has 0 aliphatic heterocycles. The Morgan fingerprint density at radius 3 is 2.56 bits per heavy atom. The Hall–Kier alpha value is -3.28. The van der Waals surface area contributed by atoms with Crippen LogP contribution in [0.1, 0.15) is 38.4 Å². The summed E-state index contributed by atoms with van der Waals surface area (Å²) in [7, 11) is 0. The minimum Gasteiger partial charge on any atom is -0.267 e. The number of halogens is 1. The van der Waals surface area contributed by atoms with Crippen molar-refractivity contribution in [2.45, 2.75) is 27.3 Å². The molecule has 27 heavy (non-hydrogen) atoms. The second kappa shape index (κ2) is 7.95. The number of hydrazone groups is 1. The van der Waals surface area contributed by atoms with Gasteiger partial charge in [0.1, 0.15) is 5.82 Å². The van der Waals surface area contributed by atoms with Crippen molar-refractivity contribution in [3.05, 3.63) is 88.0 Å². The van der Waals surface area contributed by atoms with E-state index in [-0.39, 0.29) is 5.56 Å². The lowest BCUT2D eigenvalue weighted by molar-refractivity contribution is 0.0951. The Morgan fingerprint density at radius 2 is 1.85 bits per heavy atom. The smallest absolute Gasteiger partial charge is 0.267 e. The summed E-state index contributed by atoms with van der Waals surface area (Å²) < 4.78 is 15.5. The molecule has 0 aliphatic rings. The number of hydrogen-bond donors (Lipinski definition) is 1. The molecular weight excluding hydrogens is 343 g/mol. The van der Waals surface area contributed by atoms with Crippen LogP contribution in [0, 0.1) is 26.6 Å². The summed E-state index contributed by atoms with van der Waals surface area (Å²) in [6.45, 7) is 6.55. The molecule has 0 radical (unpaired) electrons. The zero-order valence-electron chi connectivity index (χ0n) is 15.5. The van der Waals surface area contributed by atoms with E-state index in [1.54, 1.807) is 12.3 Å². The summed E-state index contributed by atoms with van der Waals surface area (Å²) in [6, 6.07) is 14.1. The maximum absolute atomic E-state index is 13.6. The first-order valence-electron chi connectivity index (χ1n) is 8.63. The predicted octanol–water partition coefficient (Wildman–Crippen LogP) is 3.76. The van der Waals surface area contributed by atoms with Crippen molar-refractivity contribution in [3.63, 3.8) is 0 Å². The van der Waals surface area contributed by atoms with Crippen molar-refractivity contribution in [1.82, 2.24) is 15.2 Å². The number of nitrogens with zero attached hydrogens (tertiary/aromatic N) is 3. The third kappa shape index (κ3) is 4.28. The molecule has 1 heterocycles. The normalized spacial score (nSPS) is 11.1. The van der Waals surface area contributed by atoms with Crippen LogP contribution >= 0.6 is 0 Å². The van der Waals surface area contributed by atoms with E-state index in [0.717, 1.165) is 22.5 Å². The van der Waals surface area contributed by atoms with E-state index in [4.69, 9.17) is 0 Å². The van der Waals surface area contributed by atoms with E-state index in [1.807, 2.05) is 18.5 Å². The third-order valence-electron chi connectivity index (χ3n) is 4.37. The van der Waals surface area contributed by atoms with Crippen LogP contribution in [0.25, 0.3) is 0 Å². The molecule has 1 N–H and O–H groups in total. The van der Waals surface area contributed by atoms with E-state index < -0.39 is 11.7 Å². The SMILES string of the molecule is Cc1ccc(Cn2nc(C)c(/C=N\NC(=O)c3ccccc3F)c2C)cc1. The summed E-state index contributed by atoms with van der Waals surface area (Å²) in [6.07, 6.45) is 1.54. The van der Waals surface area contributed by atoms with Crippen LogP contribution in [-0.4, -0.2) is 21.9 Å². The molecule has 0 saturated heterocycles. The van der Waals surface area contributed by atoms with E-state index in [1.165, 1.54) is 23.8 Å². The summed E-state index contributed by atoms with van der Waals surface area (Å²) in [5.74, 6) is -1.17. The molecule has 3 rings (SSSR count). The first kappa shape index (κ1) is 18.5. The largest absolute Gasteiger partial charge is 0.274 e. The standard InChI is InChI=1S/C21H21FN4O/c1-14-8-10-17(11-9-14)13-26-16(3)19(15(2)25-26)12-23-24-21(27)18-6-4-5-7-20(18)22/h4-12H,13H2,1-3H3,(H,24,27)/b23-12-. The van der Waals surface area contributed by atoms with Gasteiger partial charge in [0.15, 0.2) is 0 Å². The van der Waals surface area contributed by atoms with Crippen LogP contribution in [0.4, 0.5) is 4.39 Å². The molecule has 6 heteroatoms. The minimum absolute atomic E-state index is 0.0434. The topological polar surface area (TPSA) is 59.3 Å². The number of aromatic nitrogens is 2. The Kier molecular flexibility index (Phi) is 5.45. The van der Waals surface area contributed by atoms with Crippen molar-refractivity contribution in [2.75, 3.05) is 0 Å². The number of aryl methyl sites for hydroxylation is 2. The molecule has 1 amide bonds. The third-order valence-corrected chi connectivity index (χ3v) is 4.37. The lowest BCUT2D eigenvalue weighted by atomic mass is 10.1. The van der Waals surface area contributed by atoms with Crippen LogP contribution in [0.15, 0.2) is 53.6 Å². The fourth-order valence-corrected chi connectivity index (χ4v) is 2.78. The molecule has 0 saturated carbocycles. The number of carbonyl (C=O) groups is 1. The van der Waals surface area contributed by atoms with Gasteiger partial charge in [-0.1, -0.05) is 42.0 Å². The maximum Gasteiger partial charge on any atom is 0.274 e. The van der Waals surface area contributed by atoms with Crippen LogP contribution in [0.5, 0.6) is 0 Å². The summed E-state index contributed by atoms with van der Waals surface area (Å²) in [5.41, 5.74) is 7.27. The number of rotatable bonds is 5. The number of carbonyl (C=O) groups excluding carboxylic acids is 1. The van der Waals surface area contributed by atoms with Crippen molar-refractivity contribution in [3.8, 4) is 0 Å². The quantitative estimate of drug-likeness (QED) is 0.554. The number of hydrogen-bond acceptors (Lipinski definition) is 3. The molecule has 3 aromatic rings. The molecule has 0 atom stereocenters. The first-order chi connectivity index (χ1) is 13.0.